The van der Waals surface area contributed by atoms with Gasteiger partial charge in [0.1, 0.15) is 6.61 Å². The highest BCUT2D eigenvalue weighted by Crippen LogP contribution is 2.30. The van der Waals surface area contributed by atoms with Gasteiger partial charge in [-0.2, -0.15) is 0 Å². The van der Waals surface area contributed by atoms with E-state index in [2.05, 4.69) is 13.2 Å². The molecule has 3 heteroatoms. The summed E-state index contributed by atoms with van der Waals surface area (Å²) >= 11 is 0. The first-order chi connectivity index (χ1) is 9.27. The molecule has 0 radical (unpaired) electrons. The van der Waals surface area contributed by atoms with Crippen molar-refractivity contribution in [2.45, 2.75) is 12.5 Å². The molecule has 1 aromatic carbocycles. The first-order valence-corrected chi connectivity index (χ1v) is 6.23. The van der Waals surface area contributed by atoms with Crippen LogP contribution in [0.25, 0.3) is 6.08 Å². The Kier molecular flexibility index (Phi) is 4.18. The fourth-order valence-electron chi connectivity index (χ4n) is 2.12. The average molecular weight is 255 g/mol. The molecule has 1 aliphatic heterocycles. The lowest BCUT2D eigenvalue weighted by molar-refractivity contribution is 0.164. The third kappa shape index (κ3) is 2.76. The number of hydrogen-bond donors (Lipinski definition) is 0. The van der Waals surface area contributed by atoms with Gasteiger partial charge < -0.3 is 4.74 Å². The first-order valence-electron chi connectivity index (χ1n) is 6.23. The quantitative estimate of drug-likeness (QED) is 0.766. The minimum atomic E-state index is -0.358. The fourth-order valence-corrected chi connectivity index (χ4v) is 2.12. The Labute approximate surface area is 113 Å². The van der Waals surface area contributed by atoms with Crippen molar-refractivity contribution in [3.05, 3.63) is 61.2 Å². The highest BCUT2D eigenvalue weighted by Gasteiger charge is 2.28. The zero-order chi connectivity index (χ0) is 13.7. The molecule has 19 heavy (non-hydrogen) atoms. The number of hydrogen-bond acceptors (Lipinski definition) is 2. The van der Waals surface area contributed by atoms with Gasteiger partial charge in [-0.15, -0.1) is 6.58 Å². The Balaban J connectivity index is 2.33. The minimum Gasteiger partial charge on any atom is -0.445 e. The number of amides is 1. The van der Waals surface area contributed by atoms with Crippen molar-refractivity contribution in [3.8, 4) is 0 Å². The number of rotatable bonds is 4. The van der Waals surface area contributed by atoms with E-state index < -0.39 is 0 Å². The van der Waals surface area contributed by atoms with Crippen LogP contribution in [-0.2, 0) is 4.74 Å². The Morgan fingerprint density at radius 1 is 1.32 bits per heavy atom. The summed E-state index contributed by atoms with van der Waals surface area (Å²) in [5.41, 5.74) is 1.88. The molecule has 1 aromatic rings. The van der Waals surface area contributed by atoms with Crippen LogP contribution in [0, 0.1) is 0 Å². The number of carbonyl (C=O) groups excluding carboxylic acids is 1. The Morgan fingerprint density at radius 2 is 2.11 bits per heavy atom. The van der Waals surface area contributed by atoms with Crippen LogP contribution in [0.4, 0.5) is 10.5 Å². The predicted octanol–water partition coefficient (Wildman–Crippen LogP) is 3.79. The summed E-state index contributed by atoms with van der Waals surface area (Å²) in [5.74, 6) is 0. The molecule has 0 aromatic heterocycles. The molecule has 1 heterocycles. The lowest BCUT2D eigenvalue weighted by Gasteiger charge is -2.32. The van der Waals surface area contributed by atoms with E-state index in [0.29, 0.717) is 6.42 Å². The summed E-state index contributed by atoms with van der Waals surface area (Å²) in [4.78, 5) is 13.9. The Morgan fingerprint density at radius 3 is 2.84 bits per heavy atom. The van der Waals surface area contributed by atoms with Gasteiger partial charge in [-0.25, -0.2) is 4.79 Å². The van der Waals surface area contributed by atoms with Crippen molar-refractivity contribution >= 4 is 17.9 Å². The second-order valence-corrected chi connectivity index (χ2v) is 4.25. The van der Waals surface area contributed by atoms with Crippen LogP contribution in [0.3, 0.4) is 0 Å². The largest absolute Gasteiger partial charge is 0.445 e. The van der Waals surface area contributed by atoms with E-state index in [1.54, 1.807) is 17.1 Å². The summed E-state index contributed by atoms with van der Waals surface area (Å²) in [5, 5.41) is 0. The number of nitrogens with zero attached hydrogens (tertiary/aromatic N) is 1. The van der Waals surface area contributed by atoms with Crippen LogP contribution in [-0.4, -0.2) is 18.7 Å². The number of para-hydroxylation sites is 1. The van der Waals surface area contributed by atoms with E-state index in [-0.39, 0.29) is 18.7 Å². The van der Waals surface area contributed by atoms with Gasteiger partial charge in [0.15, 0.2) is 0 Å². The van der Waals surface area contributed by atoms with Crippen LogP contribution in [0.15, 0.2) is 55.7 Å². The molecule has 2 rings (SSSR count). The molecule has 3 nitrogen and oxygen atoms in total. The minimum absolute atomic E-state index is 0.0512. The maximum atomic E-state index is 12.2. The van der Waals surface area contributed by atoms with E-state index in [4.69, 9.17) is 4.74 Å². The summed E-state index contributed by atoms with van der Waals surface area (Å²) < 4.78 is 5.16. The number of ether oxygens (including phenoxy) is 1. The van der Waals surface area contributed by atoms with Gasteiger partial charge in [0.05, 0.1) is 11.7 Å². The number of fused-ring (bicyclic) bond motifs is 1. The van der Waals surface area contributed by atoms with Crippen molar-refractivity contribution in [1.29, 1.82) is 0 Å². The van der Waals surface area contributed by atoms with Crippen molar-refractivity contribution < 1.29 is 9.53 Å². The average Bonchev–Trinajstić information content (AvgIpc) is 2.45. The first kappa shape index (κ1) is 13.1. The van der Waals surface area contributed by atoms with Gasteiger partial charge >= 0.3 is 6.09 Å². The summed E-state index contributed by atoms with van der Waals surface area (Å²) in [6.07, 6.45) is 7.72. The number of anilines is 1. The van der Waals surface area contributed by atoms with E-state index in [1.807, 2.05) is 36.4 Å². The van der Waals surface area contributed by atoms with Crippen LogP contribution in [0.2, 0.25) is 0 Å². The van der Waals surface area contributed by atoms with Gasteiger partial charge in [-0.3, -0.25) is 4.90 Å². The van der Waals surface area contributed by atoms with Gasteiger partial charge in [0.25, 0.3) is 0 Å². The molecule has 0 saturated heterocycles. The highest BCUT2D eigenvalue weighted by atomic mass is 16.6. The van der Waals surface area contributed by atoms with E-state index in [1.165, 1.54) is 0 Å². The highest BCUT2D eigenvalue weighted by molar-refractivity contribution is 5.93. The molecule has 1 atom stereocenters. The van der Waals surface area contributed by atoms with Crippen LogP contribution < -0.4 is 4.90 Å². The molecular formula is C16H17NO2. The molecule has 98 valence electrons. The van der Waals surface area contributed by atoms with Crippen molar-refractivity contribution in [3.63, 3.8) is 0 Å². The third-order valence-corrected chi connectivity index (χ3v) is 2.96. The molecule has 0 aliphatic carbocycles. The summed E-state index contributed by atoms with van der Waals surface area (Å²) in [6.45, 7) is 7.50. The number of carbonyl (C=O) groups is 1. The molecule has 0 N–H and O–H groups in total. The fraction of sp³-hybridized carbons (Fsp3) is 0.188. The SMILES string of the molecule is C=CCOC(=O)N1c2ccccc2C=CC1CC=C. The maximum absolute atomic E-state index is 12.2. The van der Waals surface area contributed by atoms with Crippen LogP contribution in [0.1, 0.15) is 12.0 Å². The molecule has 0 bridgehead atoms. The molecule has 1 unspecified atom stereocenters. The smallest absolute Gasteiger partial charge is 0.415 e. The zero-order valence-corrected chi connectivity index (χ0v) is 10.8. The second kappa shape index (κ2) is 6.05. The predicted molar refractivity (Wildman–Crippen MR) is 78.1 cm³/mol. The standard InChI is InChI=1S/C16H17NO2/c1-3-7-14-11-10-13-8-5-6-9-15(13)17(14)16(18)19-12-4-2/h3-6,8-11,14H,1-2,7,12H2. The van der Waals surface area contributed by atoms with Gasteiger partial charge in [-0.1, -0.05) is 49.1 Å². The van der Waals surface area contributed by atoms with E-state index >= 15 is 0 Å². The molecule has 0 fully saturated rings. The van der Waals surface area contributed by atoms with Crippen LogP contribution in [0.5, 0.6) is 0 Å². The Bertz CT molecular complexity index is 519. The van der Waals surface area contributed by atoms with E-state index in [0.717, 1.165) is 11.3 Å². The second-order valence-electron chi connectivity index (χ2n) is 4.25. The van der Waals surface area contributed by atoms with E-state index in [9.17, 15) is 4.79 Å². The topological polar surface area (TPSA) is 29.5 Å². The van der Waals surface area contributed by atoms with Gasteiger partial charge in [0.2, 0.25) is 0 Å². The monoisotopic (exact) mass is 255 g/mol. The molecular weight excluding hydrogens is 238 g/mol. The van der Waals surface area contributed by atoms with Crippen molar-refractivity contribution in [1.82, 2.24) is 0 Å². The maximum Gasteiger partial charge on any atom is 0.415 e. The molecule has 0 saturated carbocycles. The molecule has 1 amide bonds. The Hall–Kier alpha value is -2.29. The zero-order valence-electron chi connectivity index (χ0n) is 10.8. The van der Waals surface area contributed by atoms with Gasteiger partial charge in [0, 0.05) is 0 Å². The normalized spacial score (nSPS) is 16.6. The summed E-state index contributed by atoms with van der Waals surface area (Å²) in [6, 6.07) is 7.71. The molecule has 1 aliphatic rings. The van der Waals surface area contributed by atoms with Crippen molar-refractivity contribution in [2.24, 2.45) is 0 Å². The summed E-state index contributed by atoms with van der Waals surface area (Å²) in [7, 11) is 0. The van der Waals surface area contributed by atoms with Gasteiger partial charge in [-0.05, 0) is 18.1 Å². The number of benzene rings is 1. The lowest BCUT2D eigenvalue weighted by Crippen LogP contribution is -2.41. The van der Waals surface area contributed by atoms with Crippen molar-refractivity contribution in [2.75, 3.05) is 11.5 Å². The van der Waals surface area contributed by atoms with Crippen LogP contribution >= 0.6 is 0 Å². The third-order valence-electron chi connectivity index (χ3n) is 2.96. The molecule has 0 spiro atoms. The lowest BCUT2D eigenvalue weighted by atomic mass is 10.0.